The number of carbonyl (C=O) groups excluding carboxylic acids is 1. The Balaban J connectivity index is 1.72. The average Bonchev–Trinajstić information content (AvgIpc) is 3.10. The number of carboxylic acids is 2. The number of ketones is 1. The van der Waals surface area contributed by atoms with Crippen molar-refractivity contribution in [3.05, 3.63) is 143 Å². The fourth-order valence-electron chi connectivity index (χ4n) is 6.31. The third-order valence-electron chi connectivity index (χ3n) is 8.71. The Hall–Kier alpha value is -5.63. The van der Waals surface area contributed by atoms with E-state index >= 15 is 0 Å². The molecular weight excluding hydrogens is 620 g/mol. The lowest BCUT2D eigenvalue weighted by Gasteiger charge is -2.32. The highest BCUT2D eigenvalue weighted by Gasteiger charge is 2.39. The fraction of sp³-hybridized carbons (Fsp3) is 0.244. The van der Waals surface area contributed by atoms with Crippen molar-refractivity contribution < 1.29 is 39.5 Å². The van der Waals surface area contributed by atoms with Crippen LogP contribution in [0.4, 0.5) is 0 Å². The van der Waals surface area contributed by atoms with Crippen LogP contribution in [0.25, 0.3) is 6.08 Å². The maximum Gasteiger partial charge on any atom is 0.303 e. The number of hydrogen-bond donors (Lipinski definition) is 4. The Morgan fingerprint density at radius 2 is 1.39 bits per heavy atom. The SMILES string of the molecule is O=C(O)CCC/C=C/C(c1ccccc1)c1c(O)c2c(c(C(/C=C/c3ccccc3)CCCC(=O)O)c1O)OC(c1ccccc1)CC2=O. The lowest BCUT2D eigenvalue weighted by Crippen LogP contribution is -2.23. The number of rotatable bonds is 15. The lowest BCUT2D eigenvalue weighted by atomic mass is 9.80. The van der Waals surface area contributed by atoms with Crippen LogP contribution in [0.5, 0.6) is 17.2 Å². The highest BCUT2D eigenvalue weighted by molar-refractivity contribution is 6.04. The molecule has 0 aliphatic carbocycles. The summed E-state index contributed by atoms with van der Waals surface area (Å²) in [5.41, 5.74) is 2.80. The van der Waals surface area contributed by atoms with E-state index in [0.29, 0.717) is 24.8 Å². The molecule has 0 aromatic heterocycles. The van der Waals surface area contributed by atoms with Gasteiger partial charge in [0, 0.05) is 35.8 Å². The molecule has 3 unspecified atom stereocenters. The van der Waals surface area contributed by atoms with E-state index in [1.54, 1.807) is 0 Å². The first-order valence-electron chi connectivity index (χ1n) is 16.5. The van der Waals surface area contributed by atoms with Gasteiger partial charge >= 0.3 is 11.9 Å². The maximum atomic E-state index is 14.0. The molecule has 0 radical (unpaired) electrons. The summed E-state index contributed by atoms with van der Waals surface area (Å²) in [5, 5.41) is 42.8. The predicted molar refractivity (Wildman–Crippen MR) is 187 cm³/mol. The number of phenolic OH excluding ortho intramolecular Hbond substituents is 2. The van der Waals surface area contributed by atoms with Gasteiger partial charge in [-0.15, -0.1) is 0 Å². The largest absolute Gasteiger partial charge is 0.507 e. The Kier molecular flexibility index (Phi) is 11.7. The van der Waals surface area contributed by atoms with Gasteiger partial charge < -0.3 is 25.2 Å². The third-order valence-corrected chi connectivity index (χ3v) is 8.71. The van der Waals surface area contributed by atoms with Gasteiger partial charge in [0.05, 0.1) is 6.42 Å². The number of unbranched alkanes of at least 4 members (excludes halogenated alkanes) is 1. The van der Waals surface area contributed by atoms with Gasteiger partial charge in [0.2, 0.25) is 0 Å². The number of phenols is 2. The summed E-state index contributed by atoms with van der Waals surface area (Å²) >= 11 is 0. The van der Waals surface area contributed by atoms with Crippen LogP contribution in [0.1, 0.15) is 101 Å². The highest BCUT2D eigenvalue weighted by atomic mass is 16.5. The molecule has 5 rings (SSSR count). The van der Waals surface area contributed by atoms with Crippen molar-refractivity contribution in [3.63, 3.8) is 0 Å². The number of aliphatic carboxylic acids is 2. The smallest absolute Gasteiger partial charge is 0.303 e. The Labute approximate surface area is 285 Å². The quantitative estimate of drug-likeness (QED) is 0.0732. The molecule has 0 saturated carbocycles. The molecular formula is C41H40O8. The molecule has 1 heterocycles. The Morgan fingerprint density at radius 3 is 2.04 bits per heavy atom. The van der Waals surface area contributed by atoms with Crippen molar-refractivity contribution >= 4 is 23.8 Å². The summed E-state index contributed by atoms with van der Waals surface area (Å²) in [6.07, 6.45) is 8.07. The number of Topliss-reactive ketones (excluding diaryl/α,β-unsaturated/α-hetero) is 1. The monoisotopic (exact) mass is 660 g/mol. The van der Waals surface area contributed by atoms with Crippen LogP contribution in [0, 0.1) is 0 Å². The lowest BCUT2D eigenvalue weighted by molar-refractivity contribution is -0.138. The third kappa shape index (κ3) is 8.65. The number of allylic oxidation sites excluding steroid dienone is 3. The van der Waals surface area contributed by atoms with Crippen molar-refractivity contribution in [2.45, 2.75) is 62.9 Å². The zero-order chi connectivity index (χ0) is 34.8. The maximum absolute atomic E-state index is 14.0. The Morgan fingerprint density at radius 1 is 0.776 bits per heavy atom. The van der Waals surface area contributed by atoms with Crippen molar-refractivity contribution in [3.8, 4) is 17.2 Å². The van der Waals surface area contributed by atoms with Gasteiger partial charge in [-0.2, -0.15) is 0 Å². The van der Waals surface area contributed by atoms with Crippen LogP contribution in [0.15, 0.2) is 109 Å². The number of benzene rings is 4. The van der Waals surface area contributed by atoms with Crippen molar-refractivity contribution in [2.24, 2.45) is 0 Å². The Bertz CT molecular complexity index is 1810. The van der Waals surface area contributed by atoms with E-state index in [9.17, 15) is 29.7 Å². The molecule has 4 aromatic carbocycles. The van der Waals surface area contributed by atoms with Crippen LogP contribution in [0.2, 0.25) is 0 Å². The second-order valence-corrected chi connectivity index (χ2v) is 12.1. The summed E-state index contributed by atoms with van der Waals surface area (Å²) in [7, 11) is 0. The minimum Gasteiger partial charge on any atom is -0.507 e. The molecule has 8 nitrogen and oxygen atoms in total. The van der Waals surface area contributed by atoms with E-state index < -0.39 is 29.9 Å². The summed E-state index contributed by atoms with van der Waals surface area (Å²) in [6, 6.07) is 28.1. The molecule has 8 heteroatoms. The second kappa shape index (κ2) is 16.5. The summed E-state index contributed by atoms with van der Waals surface area (Å²) < 4.78 is 6.55. The first kappa shape index (κ1) is 34.7. The van der Waals surface area contributed by atoms with E-state index in [1.807, 2.05) is 115 Å². The molecule has 49 heavy (non-hydrogen) atoms. The topological polar surface area (TPSA) is 141 Å². The summed E-state index contributed by atoms with van der Waals surface area (Å²) in [5.74, 6) is -4.03. The predicted octanol–water partition coefficient (Wildman–Crippen LogP) is 8.80. The average molecular weight is 661 g/mol. The van der Waals surface area contributed by atoms with Gasteiger partial charge in [0.1, 0.15) is 28.9 Å². The van der Waals surface area contributed by atoms with Crippen molar-refractivity contribution in [1.82, 2.24) is 0 Å². The van der Waals surface area contributed by atoms with Crippen LogP contribution < -0.4 is 4.74 Å². The summed E-state index contributed by atoms with van der Waals surface area (Å²) in [4.78, 5) is 36.7. The molecule has 1 aliphatic heterocycles. The van der Waals surface area contributed by atoms with E-state index in [4.69, 9.17) is 9.84 Å². The first-order chi connectivity index (χ1) is 23.7. The molecule has 0 bridgehead atoms. The number of ether oxygens (including phenoxy) is 1. The van der Waals surface area contributed by atoms with Gasteiger partial charge in [-0.05, 0) is 42.4 Å². The van der Waals surface area contributed by atoms with Crippen LogP contribution in [-0.4, -0.2) is 38.1 Å². The zero-order valence-electron chi connectivity index (χ0n) is 27.1. The zero-order valence-corrected chi connectivity index (χ0v) is 27.1. The number of hydrogen-bond acceptors (Lipinski definition) is 6. The molecule has 0 fully saturated rings. The number of carbonyl (C=O) groups is 3. The molecule has 4 N–H and O–H groups in total. The minimum absolute atomic E-state index is 0.0000302. The van der Waals surface area contributed by atoms with E-state index in [2.05, 4.69) is 0 Å². The van der Waals surface area contributed by atoms with Crippen molar-refractivity contribution in [1.29, 1.82) is 0 Å². The van der Waals surface area contributed by atoms with E-state index in [1.165, 1.54) is 0 Å². The molecule has 252 valence electrons. The van der Waals surface area contributed by atoms with Crippen LogP contribution in [0.3, 0.4) is 0 Å². The normalized spacial score (nSPS) is 15.5. The molecule has 0 saturated heterocycles. The fourth-order valence-corrected chi connectivity index (χ4v) is 6.31. The van der Waals surface area contributed by atoms with E-state index in [-0.39, 0.29) is 59.8 Å². The molecule has 0 amide bonds. The van der Waals surface area contributed by atoms with Crippen molar-refractivity contribution in [2.75, 3.05) is 0 Å². The molecule has 0 spiro atoms. The van der Waals surface area contributed by atoms with Gasteiger partial charge in [-0.25, -0.2) is 0 Å². The second-order valence-electron chi connectivity index (χ2n) is 12.1. The van der Waals surface area contributed by atoms with Gasteiger partial charge in [-0.3, -0.25) is 14.4 Å². The highest BCUT2D eigenvalue weighted by Crippen LogP contribution is 2.54. The first-order valence-corrected chi connectivity index (χ1v) is 16.5. The number of aromatic hydroxyl groups is 2. The van der Waals surface area contributed by atoms with E-state index in [0.717, 1.165) is 16.7 Å². The molecule has 1 aliphatic rings. The standard InChI is InChI=1S/C41H40O8/c42-32-26-33(29-18-9-3-10-19-29)49-41-36(30(20-13-23-35(45)46)25-24-27-14-5-1-6-15-27)39(47)37(40(48)38(32)41)31(28-16-7-2-8-17-28)21-11-4-12-22-34(43)44/h1-3,5-11,14-19,21,24-25,30-31,33,47-48H,4,12-13,20,22-23,26H2,(H,43,44)(H,45,46)/b21-11+,25-24+. The van der Waals surface area contributed by atoms with Crippen LogP contribution in [-0.2, 0) is 9.59 Å². The van der Waals surface area contributed by atoms with Gasteiger partial charge in [0.15, 0.2) is 5.78 Å². The molecule has 3 atom stereocenters. The number of carboxylic acid groups (broad SMARTS) is 2. The minimum atomic E-state index is -0.948. The number of fused-ring (bicyclic) bond motifs is 1. The van der Waals surface area contributed by atoms with Crippen LogP contribution >= 0.6 is 0 Å². The van der Waals surface area contributed by atoms with Gasteiger partial charge in [-0.1, -0.05) is 115 Å². The van der Waals surface area contributed by atoms with Gasteiger partial charge in [0.25, 0.3) is 0 Å². The molecule has 4 aromatic rings. The summed E-state index contributed by atoms with van der Waals surface area (Å²) in [6.45, 7) is 0.